The van der Waals surface area contributed by atoms with Gasteiger partial charge in [-0.3, -0.25) is 14.4 Å². The van der Waals surface area contributed by atoms with Crippen molar-refractivity contribution in [3.63, 3.8) is 0 Å². The molecule has 4 bridgehead atoms. The smallest absolute Gasteiger partial charge is 0.308 e. The van der Waals surface area contributed by atoms with Gasteiger partial charge in [-0.1, -0.05) is 36.4 Å². The van der Waals surface area contributed by atoms with Crippen LogP contribution in [0.3, 0.4) is 0 Å². The number of ether oxygens (including phenoxy) is 2. The zero-order chi connectivity index (χ0) is 28.3. The Kier molecular flexibility index (Phi) is 8.36. The SMILES string of the molecule is CCOC(=O)C[C@@]12[C@@H]3CCN4C(=O)CCC/C=C/C=C/CC[C@@](CO)(C[C@H]3C(=O)N1Cc1ccc(OC)cc1)[C@H]42. The first-order valence-corrected chi connectivity index (χ1v) is 14.7. The van der Waals surface area contributed by atoms with Crippen LogP contribution in [-0.4, -0.2) is 71.1 Å². The van der Waals surface area contributed by atoms with E-state index in [2.05, 4.69) is 12.2 Å². The third-order valence-corrected chi connectivity index (χ3v) is 9.71. The number of amides is 2. The van der Waals surface area contributed by atoms with E-state index in [1.165, 1.54) is 0 Å². The molecule has 3 aliphatic heterocycles. The van der Waals surface area contributed by atoms with Gasteiger partial charge in [-0.05, 0) is 69.1 Å². The summed E-state index contributed by atoms with van der Waals surface area (Å²) in [6.07, 6.45) is 12.7. The number of hydrogen-bond acceptors (Lipinski definition) is 6. The Hall–Kier alpha value is -3.13. The van der Waals surface area contributed by atoms with Crippen molar-refractivity contribution in [2.45, 2.75) is 76.4 Å². The fourth-order valence-electron chi connectivity index (χ4n) is 8.12. The summed E-state index contributed by atoms with van der Waals surface area (Å²) in [4.78, 5) is 45.4. The molecule has 0 aromatic heterocycles. The van der Waals surface area contributed by atoms with Crippen molar-refractivity contribution in [1.29, 1.82) is 0 Å². The molecule has 216 valence electrons. The van der Waals surface area contributed by atoms with E-state index in [0.29, 0.717) is 45.2 Å². The summed E-state index contributed by atoms with van der Waals surface area (Å²) in [7, 11) is 1.62. The van der Waals surface area contributed by atoms with E-state index in [4.69, 9.17) is 9.47 Å². The molecule has 2 amide bonds. The fraction of sp³-hybridized carbons (Fsp3) is 0.594. The molecular formula is C32H42N2O6. The van der Waals surface area contributed by atoms with Crippen LogP contribution in [0.25, 0.3) is 0 Å². The minimum Gasteiger partial charge on any atom is -0.497 e. The summed E-state index contributed by atoms with van der Waals surface area (Å²) in [6, 6.07) is 7.14. The lowest BCUT2D eigenvalue weighted by Gasteiger charge is -2.63. The van der Waals surface area contributed by atoms with Crippen LogP contribution >= 0.6 is 0 Å². The highest BCUT2D eigenvalue weighted by Crippen LogP contribution is 2.63. The van der Waals surface area contributed by atoms with Crippen molar-refractivity contribution >= 4 is 17.8 Å². The second kappa shape index (κ2) is 11.8. The van der Waals surface area contributed by atoms with Gasteiger partial charge in [0.05, 0.1) is 38.3 Å². The number of carbonyl (C=O) groups excluding carboxylic acids is 3. The van der Waals surface area contributed by atoms with Crippen LogP contribution in [0.2, 0.25) is 0 Å². The van der Waals surface area contributed by atoms with Crippen LogP contribution in [0, 0.1) is 17.3 Å². The number of benzene rings is 1. The van der Waals surface area contributed by atoms with Crippen LogP contribution in [0.15, 0.2) is 48.6 Å². The molecule has 0 unspecified atom stereocenters. The Balaban J connectivity index is 1.66. The van der Waals surface area contributed by atoms with Gasteiger partial charge in [0.1, 0.15) is 5.75 Å². The van der Waals surface area contributed by atoms with Crippen LogP contribution in [0.1, 0.15) is 63.9 Å². The quantitative estimate of drug-likeness (QED) is 0.515. The molecule has 1 aliphatic carbocycles. The van der Waals surface area contributed by atoms with E-state index in [9.17, 15) is 19.5 Å². The van der Waals surface area contributed by atoms with Gasteiger partial charge < -0.3 is 24.4 Å². The minimum atomic E-state index is -0.953. The molecule has 1 N–H and O–H groups in total. The molecule has 0 spiro atoms. The van der Waals surface area contributed by atoms with Crippen LogP contribution in [0.5, 0.6) is 5.75 Å². The largest absolute Gasteiger partial charge is 0.497 e. The van der Waals surface area contributed by atoms with E-state index in [1.54, 1.807) is 14.0 Å². The monoisotopic (exact) mass is 550 g/mol. The van der Waals surface area contributed by atoms with Crippen molar-refractivity contribution in [2.75, 3.05) is 26.9 Å². The number of aliphatic hydroxyl groups is 1. The number of rotatable bonds is 7. The molecule has 5 rings (SSSR count). The van der Waals surface area contributed by atoms with Gasteiger partial charge in [0, 0.05) is 30.8 Å². The Morgan fingerprint density at radius 3 is 2.58 bits per heavy atom. The molecule has 3 heterocycles. The first kappa shape index (κ1) is 28.4. The highest BCUT2D eigenvalue weighted by atomic mass is 16.5. The number of piperidine rings is 1. The Bertz CT molecular complexity index is 1160. The van der Waals surface area contributed by atoms with E-state index in [0.717, 1.165) is 24.2 Å². The molecule has 1 aromatic carbocycles. The predicted octanol–water partition coefficient (Wildman–Crippen LogP) is 4.02. The maximum absolute atomic E-state index is 14.3. The molecule has 2 saturated heterocycles. The second-order valence-electron chi connectivity index (χ2n) is 11.7. The zero-order valence-electron chi connectivity index (χ0n) is 23.7. The van der Waals surface area contributed by atoms with Gasteiger partial charge in [0.15, 0.2) is 0 Å². The zero-order valence-corrected chi connectivity index (χ0v) is 23.7. The van der Waals surface area contributed by atoms with Crippen molar-refractivity contribution in [1.82, 2.24) is 9.80 Å². The summed E-state index contributed by atoms with van der Waals surface area (Å²) >= 11 is 0. The summed E-state index contributed by atoms with van der Waals surface area (Å²) in [5.41, 5.74) is -0.739. The van der Waals surface area contributed by atoms with Gasteiger partial charge in [0.25, 0.3) is 0 Å². The van der Waals surface area contributed by atoms with Crippen molar-refractivity contribution in [3.05, 3.63) is 54.1 Å². The van der Waals surface area contributed by atoms with Gasteiger partial charge in [-0.25, -0.2) is 0 Å². The number of likely N-dealkylation sites (tertiary alicyclic amines) is 1. The first-order chi connectivity index (χ1) is 19.4. The minimum absolute atomic E-state index is 0.0114. The third-order valence-electron chi connectivity index (χ3n) is 9.71. The number of nitrogens with zero attached hydrogens (tertiary/aromatic N) is 2. The maximum Gasteiger partial charge on any atom is 0.308 e. The summed E-state index contributed by atoms with van der Waals surface area (Å²) in [6.45, 7) is 2.73. The van der Waals surface area contributed by atoms with Gasteiger partial charge in [0.2, 0.25) is 11.8 Å². The van der Waals surface area contributed by atoms with E-state index in [1.807, 2.05) is 46.2 Å². The molecule has 4 aliphatic rings. The van der Waals surface area contributed by atoms with E-state index in [-0.39, 0.29) is 49.3 Å². The molecule has 1 saturated carbocycles. The number of aliphatic hydroxyl groups excluding tert-OH is 1. The number of allylic oxidation sites excluding steroid dienone is 4. The van der Waals surface area contributed by atoms with Crippen LogP contribution in [0.4, 0.5) is 0 Å². The number of hydrogen-bond donors (Lipinski definition) is 1. The molecule has 1 aromatic rings. The van der Waals surface area contributed by atoms with E-state index < -0.39 is 17.0 Å². The predicted molar refractivity (Wildman–Crippen MR) is 150 cm³/mol. The topological polar surface area (TPSA) is 96.4 Å². The molecule has 40 heavy (non-hydrogen) atoms. The highest BCUT2D eigenvalue weighted by molar-refractivity contribution is 5.87. The standard InChI is InChI=1S/C32H42N2O6/c1-3-40-28(37)20-32-26-16-18-33-27(36)11-9-7-5-4-6-8-10-17-31(22-35,30(32)33)19-25(26)29(38)34(32)21-23-12-14-24(39-2)15-13-23/h4-6,8,12-15,25-26,30,35H,3,7,9-11,16-22H2,1-2H3/b5-4+,8-6+/t25-,26-,30+,31+,32+/m1/s1. The fourth-order valence-corrected chi connectivity index (χ4v) is 8.12. The Morgan fingerprint density at radius 2 is 1.88 bits per heavy atom. The lowest BCUT2D eigenvalue weighted by atomic mass is 9.51. The molecule has 0 radical (unpaired) electrons. The van der Waals surface area contributed by atoms with Crippen molar-refractivity contribution in [2.24, 2.45) is 17.3 Å². The Labute approximate surface area is 237 Å². The lowest BCUT2D eigenvalue weighted by molar-refractivity contribution is -0.180. The summed E-state index contributed by atoms with van der Waals surface area (Å²) in [5.74, 6) is 0.00357. The highest BCUT2D eigenvalue weighted by Gasteiger charge is 2.73. The first-order valence-electron chi connectivity index (χ1n) is 14.7. The second-order valence-corrected chi connectivity index (χ2v) is 11.7. The van der Waals surface area contributed by atoms with Crippen molar-refractivity contribution < 1.29 is 29.0 Å². The van der Waals surface area contributed by atoms with Crippen molar-refractivity contribution in [3.8, 4) is 5.75 Å². The molecule has 5 atom stereocenters. The third kappa shape index (κ3) is 4.84. The average Bonchev–Trinajstić information content (AvgIpc) is 3.12. The molecule has 8 heteroatoms. The summed E-state index contributed by atoms with van der Waals surface area (Å²) in [5, 5.41) is 11.2. The molecule has 8 nitrogen and oxygen atoms in total. The normalized spacial score (nSPS) is 33.4. The van der Waals surface area contributed by atoms with E-state index >= 15 is 0 Å². The molecule has 3 fully saturated rings. The van der Waals surface area contributed by atoms with Gasteiger partial charge >= 0.3 is 5.97 Å². The van der Waals surface area contributed by atoms with Gasteiger partial charge in [-0.2, -0.15) is 0 Å². The average molecular weight is 551 g/mol. The van der Waals surface area contributed by atoms with Gasteiger partial charge in [-0.15, -0.1) is 0 Å². The van der Waals surface area contributed by atoms with Crippen LogP contribution < -0.4 is 4.74 Å². The summed E-state index contributed by atoms with van der Waals surface area (Å²) < 4.78 is 10.8. The maximum atomic E-state index is 14.3. The molecular weight excluding hydrogens is 508 g/mol. The lowest BCUT2D eigenvalue weighted by Crippen LogP contribution is -2.74. The number of methoxy groups -OCH3 is 1. The Morgan fingerprint density at radius 1 is 1.12 bits per heavy atom. The number of carbonyl (C=O) groups is 3. The van der Waals surface area contributed by atoms with Crippen LogP contribution in [-0.2, 0) is 25.7 Å². The number of esters is 1.